The number of aromatic amines is 1. The molecule has 1 amide bonds. The maximum Gasteiger partial charge on any atom is 0.242 e. The molecule has 0 saturated heterocycles. The van der Waals surface area contributed by atoms with E-state index < -0.39 is 5.25 Å². The number of nitrogens with one attached hydrogen (secondary N) is 2. The van der Waals surface area contributed by atoms with Crippen molar-refractivity contribution in [1.29, 1.82) is 0 Å². The van der Waals surface area contributed by atoms with E-state index in [4.69, 9.17) is 0 Å². The second-order valence-electron chi connectivity index (χ2n) is 6.66. The zero-order valence-corrected chi connectivity index (χ0v) is 17.7. The van der Waals surface area contributed by atoms with E-state index in [2.05, 4.69) is 20.5 Å². The van der Waals surface area contributed by atoms with Gasteiger partial charge in [-0.15, -0.1) is 16.4 Å². The van der Waals surface area contributed by atoms with Gasteiger partial charge >= 0.3 is 0 Å². The largest absolute Gasteiger partial charge is 0.325 e. The SMILES string of the molecule is Cc1ccc(C)c(NC(=O)C(Sc2n[nH]c(-c3cccs3)n2)c2ccccc2)c1. The minimum Gasteiger partial charge on any atom is -0.325 e. The topological polar surface area (TPSA) is 70.7 Å². The summed E-state index contributed by atoms with van der Waals surface area (Å²) in [7, 11) is 0. The van der Waals surface area contributed by atoms with Gasteiger partial charge in [-0.25, -0.2) is 4.98 Å². The number of aryl methyl sites for hydroxylation is 2. The number of nitrogens with zero attached hydrogens (tertiary/aromatic N) is 2. The van der Waals surface area contributed by atoms with Gasteiger partial charge in [0.1, 0.15) is 5.25 Å². The monoisotopic (exact) mass is 420 g/mol. The molecule has 0 saturated carbocycles. The number of aromatic nitrogens is 3. The van der Waals surface area contributed by atoms with E-state index in [0.29, 0.717) is 11.0 Å². The Morgan fingerprint density at radius 2 is 1.93 bits per heavy atom. The van der Waals surface area contributed by atoms with Crippen molar-refractivity contribution < 1.29 is 4.79 Å². The van der Waals surface area contributed by atoms with Gasteiger partial charge in [0.2, 0.25) is 11.1 Å². The summed E-state index contributed by atoms with van der Waals surface area (Å²) in [6, 6.07) is 19.7. The molecule has 1 unspecified atom stereocenters. The number of rotatable bonds is 6. The van der Waals surface area contributed by atoms with Crippen molar-refractivity contribution >= 4 is 34.7 Å². The first-order valence-corrected chi connectivity index (χ1v) is 10.9. The third-order valence-corrected chi connectivity index (χ3v) is 6.43. The third-order valence-electron chi connectivity index (χ3n) is 4.43. The van der Waals surface area contributed by atoms with Crippen LogP contribution in [0.5, 0.6) is 0 Å². The van der Waals surface area contributed by atoms with E-state index in [1.54, 1.807) is 11.3 Å². The minimum absolute atomic E-state index is 0.0997. The molecule has 2 aromatic heterocycles. The molecule has 0 spiro atoms. The van der Waals surface area contributed by atoms with Crippen molar-refractivity contribution in [3.8, 4) is 10.7 Å². The number of hydrogen-bond acceptors (Lipinski definition) is 5. The van der Waals surface area contributed by atoms with Crippen molar-refractivity contribution in [2.24, 2.45) is 0 Å². The fourth-order valence-corrected chi connectivity index (χ4v) is 4.47. The Labute approximate surface area is 177 Å². The third kappa shape index (κ3) is 4.58. The first-order valence-electron chi connectivity index (χ1n) is 9.16. The molecule has 7 heteroatoms. The molecule has 5 nitrogen and oxygen atoms in total. The second kappa shape index (κ2) is 8.63. The maximum absolute atomic E-state index is 13.2. The quantitative estimate of drug-likeness (QED) is 0.397. The van der Waals surface area contributed by atoms with Gasteiger partial charge < -0.3 is 5.32 Å². The fourth-order valence-electron chi connectivity index (χ4n) is 2.90. The zero-order valence-electron chi connectivity index (χ0n) is 16.0. The van der Waals surface area contributed by atoms with Gasteiger partial charge in [0, 0.05) is 5.69 Å². The molecule has 2 N–H and O–H groups in total. The van der Waals surface area contributed by atoms with E-state index in [-0.39, 0.29) is 5.91 Å². The van der Waals surface area contributed by atoms with Crippen LogP contribution in [-0.2, 0) is 4.79 Å². The lowest BCUT2D eigenvalue weighted by molar-refractivity contribution is -0.115. The molecule has 0 aliphatic rings. The number of hydrogen-bond donors (Lipinski definition) is 2. The summed E-state index contributed by atoms with van der Waals surface area (Å²) in [5.74, 6) is 0.613. The van der Waals surface area contributed by atoms with Crippen LogP contribution in [0.4, 0.5) is 5.69 Å². The van der Waals surface area contributed by atoms with Crippen molar-refractivity contribution in [2.75, 3.05) is 5.32 Å². The van der Waals surface area contributed by atoms with Crippen molar-refractivity contribution in [2.45, 2.75) is 24.3 Å². The molecule has 2 aromatic carbocycles. The molecular weight excluding hydrogens is 400 g/mol. The van der Waals surface area contributed by atoms with Gasteiger partial charge in [-0.05, 0) is 48.1 Å². The molecule has 0 bridgehead atoms. The number of carbonyl (C=O) groups excluding carboxylic acids is 1. The average molecular weight is 421 g/mol. The average Bonchev–Trinajstić information content (AvgIpc) is 3.41. The smallest absolute Gasteiger partial charge is 0.242 e. The highest BCUT2D eigenvalue weighted by molar-refractivity contribution is 8.00. The summed E-state index contributed by atoms with van der Waals surface area (Å²) in [6.07, 6.45) is 0. The predicted molar refractivity (Wildman–Crippen MR) is 119 cm³/mol. The van der Waals surface area contributed by atoms with E-state index in [9.17, 15) is 4.79 Å². The Morgan fingerprint density at radius 3 is 2.69 bits per heavy atom. The summed E-state index contributed by atoms with van der Waals surface area (Å²) in [4.78, 5) is 18.8. The van der Waals surface area contributed by atoms with Gasteiger partial charge in [0.05, 0.1) is 4.88 Å². The van der Waals surface area contributed by atoms with Gasteiger partial charge in [0.15, 0.2) is 5.82 Å². The maximum atomic E-state index is 13.2. The molecule has 0 aliphatic carbocycles. The fraction of sp³-hybridized carbons (Fsp3) is 0.136. The Hall–Kier alpha value is -2.90. The summed E-state index contributed by atoms with van der Waals surface area (Å²) in [5.41, 5.74) is 3.86. The minimum atomic E-state index is -0.469. The molecule has 4 rings (SSSR count). The molecule has 0 aliphatic heterocycles. The van der Waals surface area contributed by atoms with Crippen molar-refractivity contribution in [1.82, 2.24) is 15.2 Å². The van der Waals surface area contributed by atoms with Crippen molar-refractivity contribution in [3.05, 3.63) is 82.7 Å². The number of thiophene rings is 1. The molecule has 1 atom stereocenters. The number of thioether (sulfide) groups is 1. The van der Waals surface area contributed by atoms with Crippen LogP contribution in [0, 0.1) is 13.8 Å². The molecule has 0 radical (unpaired) electrons. The second-order valence-corrected chi connectivity index (χ2v) is 8.68. The summed E-state index contributed by atoms with van der Waals surface area (Å²) in [5, 5.41) is 12.4. The number of carbonyl (C=O) groups is 1. The standard InChI is InChI=1S/C22H20N4OS2/c1-14-10-11-15(2)17(13-14)23-21(27)19(16-7-4-3-5-8-16)29-22-24-20(25-26-22)18-9-6-12-28-18/h3-13,19H,1-2H3,(H,23,27)(H,24,25,26). The lowest BCUT2D eigenvalue weighted by Crippen LogP contribution is -2.19. The molecular formula is C22H20N4OS2. The highest BCUT2D eigenvalue weighted by atomic mass is 32.2. The van der Waals surface area contributed by atoms with E-state index in [1.165, 1.54) is 11.8 Å². The van der Waals surface area contributed by atoms with Gasteiger partial charge in [0.25, 0.3) is 0 Å². The van der Waals surface area contributed by atoms with Crippen LogP contribution in [0.25, 0.3) is 10.7 Å². The normalized spacial score (nSPS) is 11.9. The highest BCUT2D eigenvalue weighted by Gasteiger charge is 2.25. The Bertz CT molecular complexity index is 1110. The van der Waals surface area contributed by atoms with E-state index in [0.717, 1.165) is 27.3 Å². The first-order chi connectivity index (χ1) is 14.1. The first kappa shape index (κ1) is 19.4. The van der Waals surface area contributed by atoms with Crippen LogP contribution in [0.2, 0.25) is 0 Å². The van der Waals surface area contributed by atoms with Crippen molar-refractivity contribution in [3.63, 3.8) is 0 Å². The zero-order chi connectivity index (χ0) is 20.2. The van der Waals surface area contributed by atoms with Crippen LogP contribution in [0.15, 0.2) is 71.2 Å². The number of anilines is 1. The number of amides is 1. The molecule has 29 heavy (non-hydrogen) atoms. The van der Waals surface area contributed by atoms with Crippen LogP contribution >= 0.6 is 23.1 Å². The van der Waals surface area contributed by atoms with E-state index >= 15 is 0 Å². The predicted octanol–water partition coefficient (Wildman–Crippen LogP) is 5.62. The van der Waals surface area contributed by atoms with Crippen LogP contribution < -0.4 is 5.32 Å². The van der Waals surface area contributed by atoms with Gasteiger partial charge in [-0.1, -0.05) is 60.3 Å². The van der Waals surface area contributed by atoms with Gasteiger partial charge in [-0.3, -0.25) is 9.89 Å². The summed E-state index contributed by atoms with van der Waals surface area (Å²) in [6.45, 7) is 4.00. The number of benzene rings is 2. The summed E-state index contributed by atoms with van der Waals surface area (Å²) < 4.78 is 0. The molecule has 4 aromatic rings. The van der Waals surface area contributed by atoms with Crippen LogP contribution in [0.3, 0.4) is 0 Å². The Morgan fingerprint density at radius 1 is 1.10 bits per heavy atom. The molecule has 2 heterocycles. The lowest BCUT2D eigenvalue weighted by Gasteiger charge is -2.17. The Kier molecular flexibility index (Phi) is 5.78. The summed E-state index contributed by atoms with van der Waals surface area (Å²) >= 11 is 2.93. The molecule has 146 valence electrons. The van der Waals surface area contributed by atoms with E-state index in [1.807, 2.05) is 79.9 Å². The highest BCUT2D eigenvalue weighted by Crippen LogP contribution is 2.35. The molecule has 0 fully saturated rings. The number of H-pyrrole nitrogens is 1. The van der Waals surface area contributed by atoms with Crippen LogP contribution in [0.1, 0.15) is 21.9 Å². The van der Waals surface area contributed by atoms with Gasteiger partial charge in [-0.2, -0.15) is 0 Å². The van der Waals surface area contributed by atoms with Crippen LogP contribution in [-0.4, -0.2) is 21.1 Å². The lowest BCUT2D eigenvalue weighted by atomic mass is 10.1. The Balaban J connectivity index is 1.60.